The highest BCUT2D eigenvalue weighted by atomic mass is 32.2. The lowest BCUT2D eigenvalue weighted by atomic mass is 9.95. The van der Waals surface area contributed by atoms with E-state index in [1.54, 1.807) is 0 Å². The molecule has 1 aromatic carbocycles. The summed E-state index contributed by atoms with van der Waals surface area (Å²) in [4.78, 5) is 137. The normalized spacial score (nSPS) is 29.6. The first-order chi connectivity index (χ1) is 34.2. The largest absolute Gasteiger partial charge is 0.463 e. The van der Waals surface area contributed by atoms with Crippen molar-refractivity contribution in [1.29, 1.82) is 0 Å². The quantitative estimate of drug-likeness (QED) is 0.0756. The van der Waals surface area contributed by atoms with Crippen LogP contribution in [0.15, 0.2) is 29.2 Å². The fraction of sp³-hybridized carbons (Fsp3) is 0.636. The molecule has 0 spiro atoms. The Kier molecular flexibility index (Phi) is 21.8. The number of carbonyl (C=O) groups is 10. The molecule has 3 aliphatic rings. The van der Waals surface area contributed by atoms with E-state index in [2.05, 4.69) is 0 Å². The van der Waals surface area contributed by atoms with Crippen molar-refractivity contribution in [1.82, 2.24) is 0 Å². The van der Waals surface area contributed by atoms with Crippen LogP contribution in [-0.4, -0.2) is 176 Å². The van der Waals surface area contributed by atoms with Crippen molar-refractivity contribution in [2.24, 2.45) is 0 Å². The zero-order valence-electron chi connectivity index (χ0n) is 41.0. The van der Waals surface area contributed by atoms with E-state index >= 15 is 0 Å². The van der Waals surface area contributed by atoms with Crippen LogP contribution in [0.4, 0.5) is 5.69 Å². The number of esters is 10. The van der Waals surface area contributed by atoms with Crippen LogP contribution in [0, 0.1) is 10.1 Å². The molecule has 0 amide bonds. The van der Waals surface area contributed by atoms with Crippen LogP contribution in [0.2, 0.25) is 0 Å². The van der Waals surface area contributed by atoms with E-state index in [4.69, 9.17) is 71.1 Å². The predicted molar refractivity (Wildman–Crippen MR) is 233 cm³/mol. The molecule has 3 saturated heterocycles. The Labute approximate surface area is 419 Å². The molecule has 0 saturated carbocycles. The van der Waals surface area contributed by atoms with Crippen LogP contribution in [0.25, 0.3) is 0 Å². The smallest absolute Gasteiger partial charge is 0.303 e. The predicted octanol–water partition coefficient (Wildman–Crippen LogP) is 0.843. The molecule has 3 heterocycles. The van der Waals surface area contributed by atoms with Gasteiger partial charge in [0.25, 0.3) is 5.69 Å². The number of benzene rings is 1. The minimum atomic E-state index is -2.05. The number of ether oxygens (including phenoxy) is 15. The fourth-order valence-corrected chi connectivity index (χ4v) is 8.74. The van der Waals surface area contributed by atoms with Gasteiger partial charge in [-0.05, 0) is 12.1 Å². The number of nitro benzene ring substituents is 1. The standard InChI is InChI=1S/C44H55NO27S/c1-18(46)58-15-30-33(61-21(4)49)36(62-22(5)50)39(65-25(8)53)42(68-30)71-34-31(16-59-19(2)47)69-43(40(66-26(9)54)37(34)63-23(6)51)72-35-32(17-60-20(3)48)70-44(41(67-27(10)55)38(35)64-24(7)52)73-29-13-11-28(12-14-29)45(56)57/h11-14,30-44H,15-17H2,1-10H3/t30-,31-,32-,33+,34-,35-,36+,37+,38+,39-,40-,41+,42+,43+,44+/m1/s1. The first kappa shape index (κ1) is 59.0. The van der Waals surface area contributed by atoms with Gasteiger partial charge >= 0.3 is 59.7 Å². The van der Waals surface area contributed by atoms with Gasteiger partial charge in [-0.15, -0.1) is 0 Å². The Morgan fingerprint density at radius 1 is 0.425 bits per heavy atom. The van der Waals surface area contributed by atoms with Gasteiger partial charge in [0.2, 0.25) is 0 Å². The lowest BCUT2D eigenvalue weighted by Crippen LogP contribution is -2.68. The van der Waals surface area contributed by atoms with Crippen molar-refractivity contribution in [2.75, 3.05) is 19.8 Å². The molecule has 0 unspecified atom stereocenters. The maximum absolute atomic E-state index is 13.1. The second kappa shape index (κ2) is 27.0. The van der Waals surface area contributed by atoms with Crippen LogP contribution in [0.5, 0.6) is 0 Å². The van der Waals surface area contributed by atoms with E-state index in [-0.39, 0.29) is 5.69 Å². The van der Waals surface area contributed by atoms with Gasteiger partial charge < -0.3 is 71.1 Å². The molecule has 0 aliphatic carbocycles. The first-order valence-corrected chi connectivity index (χ1v) is 22.9. The molecule has 404 valence electrons. The third-order valence-corrected chi connectivity index (χ3v) is 11.3. The lowest BCUT2D eigenvalue weighted by molar-refractivity contribution is -0.384. The molecular formula is C44H55NO27S. The van der Waals surface area contributed by atoms with Gasteiger partial charge in [0.15, 0.2) is 55.3 Å². The minimum Gasteiger partial charge on any atom is -0.463 e. The average Bonchev–Trinajstić information content (AvgIpc) is 3.26. The van der Waals surface area contributed by atoms with Crippen molar-refractivity contribution < 1.29 is 124 Å². The van der Waals surface area contributed by atoms with Crippen LogP contribution >= 0.6 is 11.8 Å². The van der Waals surface area contributed by atoms with Crippen LogP contribution < -0.4 is 0 Å². The highest BCUT2D eigenvalue weighted by Crippen LogP contribution is 2.41. The van der Waals surface area contributed by atoms with Crippen LogP contribution in [0.3, 0.4) is 0 Å². The molecule has 0 N–H and O–H groups in total. The number of carbonyl (C=O) groups excluding carboxylic acids is 10. The SMILES string of the molecule is CC(=O)OC[C@H]1O[C@@H](O[C@H]2[C@H](OC(C)=O)[C@@H](OC(C)=O)[C@H](O[C@H]3[C@H](OC(C)=O)[C@H](OC(C)=O)[C@H](Sc4ccc([N+](=O)[O-])cc4)O[C@@H]3COC(C)=O)O[C@@H]2COC(C)=O)[C@H](OC(C)=O)[C@@H](OC(C)=O)[C@H]1OC(C)=O. The second-order valence-electron chi connectivity index (χ2n) is 16.1. The monoisotopic (exact) mass is 1060 g/mol. The van der Waals surface area contributed by atoms with E-state index in [1.165, 1.54) is 24.3 Å². The summed E-state index contributed by atoms with van der Waals surface area (Å²) in [6.07, 6.45) is -25.1. The van der Waals surface area contributed by atoms with E-state index in [1.807, 2.05) is 0 Å². The summed E-state index contributed by atoms with van der Waals surface area (Å²) in [6, 6.07) is 5.10. The van der Waals surface area contributed by atoms with Gasteiger partial charge in [-0.2, -0.15) is 0 Å². The van der Waals surface area contributed by atoms with Gasteiger partial charge in [0.05, 0.1) is 4.92 Å². The Hall–Kier alpha value is -6.53. The highest BCUT2D eigenvalue weighted by molar-refractivity contribution is 7.99. The number of non-ortho nitro benzene ring substituents is 1. The number of nitrogens with zero attached hydrogens (tertiary/aromatic N) is 1. The van der Waals surface area contributed by atoms with Crippen LogP contribution in [-0.2, 0) is 119 Å². The highest BCUT2D eigenvalue weighted by Gasteiger charge is 2.60. The maximum atomic E-state index is 13.1. The molecule has 0 radical (unpaired) electrons. The number of hydrogen-bond acceptors (Lipinski definition) is 28. The third kappa shape index (κ3) is 17.6. The van der Waals surface area contributed by atoms with Crippen molar-refractivity contribution in [3.8, 4) is 0 Å². The van der Waals surface area contributed by atoms with Gasteiger partial charge in [-0.1, -0.05) is 11.8 Å². The molecule has 3 fully saturated rings. The molecule has 4 rings (SSSR count). The minimum absolute atomic E-state index is 0.260. The van der Waals surface area contributed by atoms with Gasteiger partial charge in [-0.25, -0.2) is 0 Å². The second-order valence-corrected chi connectivity index (χ2v) is 17.3. The van der Waals surface area contributed by atoms with Crippen molar-refractivity contribution in [3.63, 3.8) is 0 Å². The number of thioether (sulfide) groups is 1. The molecule has 0 aromatic heterocycles. The molecule has 73 heavy (non-hydrogen) atoms. The zero-order chi connectivity index (χ0) is 54.4. The summed E-state index contributed by atoms with van der Waals surface area (Å²) in [6.45, 7) is 7.75. The van der Waals surface area contributed by atoms with Gasteiger partial charge in [-0.3, -0.25) is 58.1 Å². The number of nitro groups is 1. The Morgan fingerprint density at radius 2 is 0.726 bits per heavy atom. The Morgan fingerprint density at radius 3 is 1.08 bits per heavy atom. The van der Waals surface area contributed by atoms with E-state index < -0.39 is 176 Å². The molecule has 1 aromatic rings. The van der Waals surface area contributed by atoms with Crippen molar-refractivity contribution in [2.45, 2.75) is 165 Å². The molecule has 28 nitrogen and oxygen atoms in total. The van der Waals surface area contributed by atoms with E-state index in [0.717, 1.165) is 81.0 Å². The van der Waals surface area contributed by atoms with Crippen molar-refractivity contribution in [3.05, 3.63) is 34.4 Å². The third-order valence-electron chi connectivity index (χ3n) is 10.1. The summed E-state index contributed by atoms with van der Waals surface area (Å²) in [7, 11) is 0. The summed E-state index contributed by atoms with van der Waals surface area (Å²) < 4.78 is 86.9. The Bertz CT molecular complexity index is 2200. The zero-order valence-corrected chi connectivity index (χ0v) is 41.8. The van der Waals surface area contributed by atoms with Crippen LogP contribution in [0.1, 0.15) is 69.2 Å². The molecule has 15 atom stereocenters. The molecule has 0 bridgehead atoms. The topological polar surface area (TPSA) is 352 Å². The molecule has 3 aliphatic heterocycles. The maximum Gasteiger partial charge on any atom is 0.303 e. The summed E-state index contributed by atoms with van der Waals surface area (Å²) in [5, 5.41) is 11.4. The first-order valence-electron chi connectivity index (χ1n) is 22.0. The van der Waals surface area contributed by atoms with E-state index in [9.17, 15) is 58.1 Å². The lowest BCUT2D eigenvalue weighted by Gasteiger charge is -2.50. The summed E-state index contributed by atoms with van der Waals surface area (Å²) in [5.41, 5.74) is -1.61. The van der Waals surface area contributed by atoms with Crippen molar-refractivity contribution >= 4 is 77.1 Å². The number of rotatable bonds is 20. The average molecular weight is 1060 g/mol. The summed E-state index contributed by atoms with van der Waals surface area (Å²) >= 11 is 0.857. The summed E-state index contributed by atoms with van der Waals surface area (Å²) in [5.74, 6) is -9.60. The van der Waals surface area contributed by atoms with Gasteiger partial charge in [0.1, 0.15) is 55.8 Å². The Balaban J connectivity index is 1.91. The molecular weight excluding hydrogens is 1010 g/mol. The van der Waals surface area contributed by atoms with E-state index in [0.29, 0.717) is 4.90 Å². The number of hydrogen-bond donors (Lipinski definition) is 0. The fourth-order valence-electron chi connectivity index (χ4n) is 7.63. The van der Waals surface area contributed by atoms with Gasteiger partial charge in [0, 0.05) is 86.3 Å². The molecule has 29 heteroatoms.